The Balaban J connectivity index is 1.80. The first-order valence-electron chi connectivity index (χ1n) is 7.24. The zero-order valence-corrected chi connectivity index (χ0v) is 12.2. The van der Waals surface area contributed by atoms with Gasteiger partial charge in [0.05, 0.1) is 13.5 Å². The summed E-state index contributed by atoms with van der Waals surface area (Å²) >= 11 is 0. The Morgan fingerprint density at radius 3 is 2.71 bits per heavy atom. The molecule has 0 bridgehead atoms. The highest BCUT2D eigenvalue weighted by Crippen LogP contribution is 2.30. The van der Waals surface area contributed by atoms with E-state index in [2.05, 4.69) is 41.3 Å². The summed E-state index contributed by atoms with van der Waals surface area (Å²) in [7, 11) is 1.43. The second-order valence-electron chi connectivity index (χ2n) is 5.37. The zero-order chi connectivity index (χ0) is 14.7. The van der Waals surface area contributed by atoms with Crippen LogP contribution in [0, 0.1) is 0 Å². The van der Waals surface area contributed by atoms with Gasteiger partial charge in [-0.1, -0.05) is 42.5 Å². The molecular weight excluding hydrogens is 262 g/mol. The average molecular weight is 281 g/mol. The van der Waals surface area contributed by atoms with Crippen molar-refractivity contribution in [1.29, 1.82) is 0 Å². The number of hydrogen-bond donors (Lipinski definition) is 0. The summed E-state index contributed by atoms with van der Waals surface area (Å²) in [6, 6.07) is 16.8. The summed E-state index contributed by atoms with van der Waals surface area (Å²) in [5.41, 5.74) is 4.93. The number of carbonyl (C=O) groups is 1. The first-order chi connectivity index (χ1) is 10.3. The molecule has 0 spiro atoms. The van der Waals surface area contributed by atoms with Crippen LogP contribution in [-0.4, -0.2) is 19.6 Å². The van der Waals surface area contributed by atoms with E-state index in [-0.39, 0.29) is 5.97 Å². The molecule has 0 atom stereocenters. The van der Waals surface area contributed by atoms with Gasteiger partial charge in [-0.3, -0.25) is 4.79 Å². The fourth-order valence-electron chi connectivity index (χ4n) is 2.81. The predicted molar refractivity (Wildman–Crippen MR) is 83.4 cm³/mol. The van der Waals surface area contributed by atoms with E-state index in [0.717, 1.165) is 25.1 Å². The van der Waals surface area contributed by atoms with E-state index in [9.17, 15) is 4.79 Å². The smallest absolute Gasteiger partial charge is 0.309 e. The molecule has 1 heterocycles. The van der Waals surface area contributed by atoms with E-state index in [1.807, 2.05) is 12.1 Å². The van der Waals surface area contributed by atoms with Gasteiger partial charge in [0.2, 0.25) is 0 Å². The van der Waals surface area contributed by atoms with Gasteiger partial charge in [-0.25, -0.2) is 0 Å². The van der Waals surface area contributed by atoms with Crippen LogP contribution in [0.25, 0.3) is 0 Å². The van der Waals surface area contributed by atoms with E-state index < -0.39 is 0 Å². The largest absolute Gasteiger partial charge is 0.469 e. The van der Waals surface area contributed by atoms with Crippen LogP contribution in [0.1, 0.15) is 16.7 Å². The Morgan fingerprint density at radius 1 is 1.14 bits per heavy atom. The highest BCUT2D eigenvalue weighted by atomic mass is 16.5. The fraction of sp³-hybridized carbons (Fsp3) is 0.278. The van der Waals surface area contributed by atoms with Crippen molar-refractivity contribution in [3.63, 3.8) is 0 Å². The van der Waals surface area contributed by atoms with Crippen LogP contribution in [0.2, 0.25) is 0 Å². The number of benzene rings is 2. The van der Waals surface area contributed by atoms with E-state index in [1.54, 1.807) is 0 Å². The van der Waals surface area contributed by atoms with Gasteiger partial charge in [-0.2, -0.15) is 0 Å². The van der Waals surface area contributed by atoms with Crippen molar-refractivity contribution in [2.75, 3.05) is 18.6 Å². The van der Waals surface area contributed by atoms with E-state index >= 15 is 0 Å². The second-order valence-corrected chi connectivity index (χ2v) is 5.37. The third-order valence-electron chi connectivity index (χ3n) is 3.93. The molecule has 3 heteroatoms. The maximum Gasteiger partial charge on any atom is 0.309 e. The summed E-state index contributed by atoms with van der Waals surface area (Å²) in [6.07, 6.45) is 1.41. The molecule has 0 fully saturated rings. The quantitative estimate of drug-likeness (QED) is 0.807. The lowest BCUT2D eigenvalue weighted by Gasteiger charge is -2.20. The maximum absolute atomic E-state index is 11.4. The van der Waals surface area contributed by atoms with E-state index in [4.69, 9.17) is 4.74 Å². The summed E-state index contributed by atoms with van der Waals surface area (Å²) in [5, 5.41) is 0. The molecule has 2 aromatic carbocycles. The predicted octanol–water partition coefficient (Wildman–Crippen LogP) is 2.96. The van der Waals surface area contributed by atoms with Crippen molar-refractivity contribution < 1.29 is 9.53 Å². The van der Waals surface area contributed by atoms with Gasteiger partial charge in [0.25, 0.3) is 0 Å². The molecule has 0 saturated carbocycles. The molecule has 0 amide bonds. The fourth-order valence-corrected chi connectivity index (χ4v) is 2.81. The standard InChI is InChI=1S/C18H19NO2/c1-21-18(20)12-15-7-8-16-9-10-19(17(16)11-15)13-14-5-3-2-4-6-14/h2-8,11H,9-10,12-13H2,1H3. The molecule has 3 rings (SSSR count). The summed E-state index contributed by atoms with van der Waals surface area (Å²) in [5.74, 6) is -0.192. The molecule has 3 nitrogen and oxygen atoms in total. The van der Waals surface area contributed by atoms with Crippen LogP contribution in [-0.2, 0) is 28.9 Å². The monoisotopic (exact) mass is 281 g/mol. The Labute approximate surface area is 125 Å². The number of nitrogens with zero attached hydrogens (tertiary/aromatic N) is 1. The number of fused-ring (bicyclic) bond motifs is 1. The number of anilines is 1. The third-order valence-corrected chi connectivity index (χ3v) is 3.93. The van der Waals surface area contributed by atoms with Crippen molar-refractivity contribution in [2.24, 2.45) is 0 Å². The number of rotatable bonds is 4. The van der Waals surface area contributed by atoms with Crippen LogP contribution in [0.5, 0.6) is 0 Å². The topological polar surface area (TPSA) is 29.5 Å². The molecular formula is C18H19NO2. The van der Waals surface area contributed by atoms with Gasteiger partial charge in [0.1, 0.15) is 0 Å². The van der Waals surface area contributed by atoms with E-state index in [0.29, 0.717) is 6.42 Å². The van der Waals surface area contributed by atoms with Gasteiger partial charge < -0.3 is 9.64 Å². The molecule has 1 aliphatic rings. The van der Waals surface area contributed by atoms with E-state index in [1.165, 1.54) is 23.9 Å². The number of esters is 1. The van der Waals surface area contributed by atoms with Gasteiger partial charge in [-0.05, 0) is 29.2 Å². The minimum Gasteiger partial charge on any atom is -0.469 e. The maximum atomic E-state index is 11.4. The number of carbonyl (C=O) groups excluding carboxylic acids is 1. The minimum atomic E-state index is -0.192. The molecule has 21 heavy (non-hydrogen) atoms. The molecule has 0 radical (unpaired) electrons. The Bertz CT molecular complexity index is 637. The lowest BCUT2D eigenvalue weighted by molar-refractivity contribution is -0.139. The molecule has 108 valence electrons. The molecule has 0 N–H and O–H groups in total. The van der Waals surface area contributed by atoms with Crippen LogP contribution >= 0.6 is 0 Å². The minimum absolute atomic E-state index is 0.192. The van der Waals surface area contributed by atoms with Crippen LogP contribution in [0.3, 0.4) is 0 Å². The van der Waals surface area contributed by atoms with Gasteiger partial charge >= 0.3 is 5.97 Å². The number of hydrogen-bond acceptors (Lipinski definition) is 3. The van der Waals surface area contributed by atoms with Gasteiger partial charge in [-0.15, -0.1) is 0 Å². The molecule has 0 unspecified atom stereocenters. The number of ether oxygens (including phenoxy) is 1. The van der Waals surface area contributed by atoms with Crippen molar-refractivity contribution >= 4 is 11.7 Å². The summed E-state index contributed by atoms with van der Waals surface area (Å²) in [6.45, 7) is 1.95. The highest BCUT2D eigenvalue weighted by molar-refractivity contribution is 5.73. The first kappa shape index (κ1) is 13.7. The number of methoxy groups -OCH3 is 1. The van der Waals surface area contributed by atoms with Crippen molar-refractivity contribution in [1.82, 2.24) is 0 Å². The van der Waals surface area contributed by atoms with Crippen LogP contribution in [0.4, 0.5) is 5.69 Å². The Morgan fingerprint density at radius 2 is 1.95 bits per heavy atom. The zero-order valence-electron chi connectivity index (χ0n) is 12.2. The van der Waals surface area contributed by atoms with Crippen LogP contribution < -0.4 is 4.90 Å². The molecule has 0 saturated heterocycles. The average Bonchev–Trinajstić information content (AvgIpc) is 2.91. The summed E-state index contributed by atoms with van der Waals surface area (Å²) < 4.78 is 4.74. The second kappa shape index (κ2) is 6.00. The lowest BCUT2D eigenvalue weighted by Crippen LogP contribution is -2.19. The van der Waals surface area contributed by atoms with Gasteiger partial charge in [0.15, 0.2) is 0 Å². The molecule has 0 aromatic heterocycles. The first-order valence-corrected chi connectivity index (χ1v) is 7.24. The van der Waals surface area contributed by atoms with Crippen LogP contribution in [0.15, 0.2) is 48.5 Å². The third kappa shape index (κ3) is 3.07. The molecule has 0 aliphatic carbocycles. The van der Waals surface area contributed by atoms with Crippen molar-refractivity contribution in [2.45, 2.75) is 19.4 Å². The Hall–Kier alpha value is -2.29. The van der Waals surface area contributed by atoms with Crippen molar-refractivity contribution in [3.8, 4) is 0 Å². The normalized spacial score (nSPS) is 13.1. The molecule has 1 aliphatic heterocycles. The highest BCUT2D eigenvalue weighted by Gasteiger charge is 2.19. The Kier molecular flexibility index (Phi) is 3.91. The SMILES string of the molecule is COC(=O)Cc1ccc2c(c1)N(Cc1ccccc1)CC2. The van der Waals surface area contributed by atoms with Gasteiger partial charge in [0, 0.05) is 18.8 Å². The molecule has 2 aromatic rings. The van der Waals surface area contributed by atoms with Crippen molar-refractivity contribution in [3.05, 3.63) is 65.2 Å². The lowest BCUT2D eigenvalue weighted by atomic mass is 10.1. The summed E-state index contributed by atoms with van der Waals surface area (Å²) in [4.78, 5) is 13.8.